The predicted molar refractivity (Wildman–Crippen MR) is 126 cm³/mol. The first-order chi connectivity index (χ1) is 14.7. The van der Waals surface area contributed by atoms with E-state index in [-0.39, 0.29) is 0 Å². The van der Waals surface area contributed by atoms with Gasteiger partial charge in [0.25, 0.3) is 0 Å². The molecule has 1 aliphatic carbocycles. The van der Waals surface area contributed by atoms with Crippen LogP contribution in [-0.2, 0) is 0 Å². The first kappa shape index (κ1) is 20.9. The zero-order valence-electron chi connectivity index (χ0n) is 17.7. The number of pyridine rings is 1. The molecule has 2 heterocycles. The Kier molecular flexibility index (Phi) is 7.02. The summed E-state index contributed by atoms with van der Waals surface area (Å²) < 4.78 is 0. The molecule has 0 spiro atoms. The van der Waals surface area contributed by atoms with Gasteiger partial charge in [-0.25, -0.2) is 9.97 Å². The Hall–Kier alpha value is -2.38. The van der Waals surface area contributed by atoms with Crippen molar-refractivity contribution in [3.05, 3.63) is 48.7 Å². The van der Waals surface area contributed by atoms with Gasteiger partial charge < -0.3 is 15.5 Å². The Morgan fingerprint density at radius 3 is 2.50 bits per heavy atom. The van der Waals surface area contributed by atoms with E-state index in [0.717, 1.165) is 52.8 Å². The molecule has 3 aromatic rings. The van der Waals surface area contributed by atoms with E-state index in [4.69, 9.17) is 9.97 Å². The van der Waals surface area contributed by atoms with E-state index in [1.54, 1.807) is 0 Å². The molecule has 0 radical (unpaired) electrons. The van der Waals surface area contributed by atoms with Gasteiger partial charge in [0.1, 0.15) is 5.82 Å². The molecule has 1 aliphatic rings. The molecular weight excluding hydrogens is 392 g/mol. The molecule has 158 valence electrons. The Bertz CT molecular complexity index is 941. The van der Waals surface area contributed by atoms with E-state index in [9.17, 15) is 0 Å². The van der Waals surface area contributed by atoms with Crippen molar-refractivity contribution in [3.63, 3.8) is 0 Å². The van der Waals surface area contributed by atoms with Gasteiger partial charge in [0, 0.05) is 50.1 Å². The van der Waals surface area contributed by atoms with E-state index in [1.165, 1.54) is 12.8 Å². The number of para-hydroxylation sites is 1. The third kappa shape index (κ3) is 5.40. The zero-order chi connectivity index (χ0) is 20.8. The number of nitrogens with zero attached hydrogens (tertiary/aromatic N) is 4. The first-order valence-electron chi connectivity index (χ1n) is 10.7. The lowest BCUT2D eigenvalue weighted by atomic mass is 9.91. The lowest BCUT2D eigenvalue weighted by Crippen LogP contribution is -2.38. The molecule has 0 bridgehead atoms. The Balaban J connectivity index is 1.26. The molecule has 0 saturated heterocycles. The third-order valence-electron chi connectivity index (χ3n) is 5.49. The monoisotopic (exact) mass is 422 g/mol. The van der Waals surface area contributed by atoms with Gasteiger partial charge in [-0.3, -0.25) is 0 Å². The number of hydrogen-bond donors (Lipinski definition) is 2. The van der Waals surface area contributed by atoms with E-state index in [0.29, 0.717) is 12.1 Å². The van der Waals surface area contributed by atoms with E-state index < -0.39 is 0 Å². The zero-order valence-corrected chi connectivity index (χ0v) is 18.5. The van der Waals surface area contributed by atoms with E-state index >= 15 is 0 Å². The van der Waals surface area contributed by atoms with Gasteiger partial charge in [0.15, 0.2) is 0 Å². The van der Waals surface area contributed by atoms with Crippen molar-refractivity contribution in [1.82, 2.24) is 20.3 Å². The number of anilines is 2. The Labute approximate surface area is 182 Å². The van der Waals surface area contributed by atoms with Crippen LogP contribution >= 0.6 is 11.8 Å². The van der Waals surface area contributed by atoms with Crippen molar-refractivity contribution in [1.29, 1.82) is 0 Å². The summed E-state index contributed by atoms with van der Waals surface area (Å²) in [5.41, 5.74) is 0.986. The minimum absolute atomic E-state index is 0.433. The van der Waals surface area contributed by atoms with Crippen molar-refractivity contribution in [2.75, 3.05) is 36.6 Å². The lowest BCUT2D eigenvalue weighted by Gasteiger charge is -2.30. The fourth-order valence-electron chi connectivity index (χ4n) is 3.94. The van der Waals surface area contributed by atoms with Gasteiger partial charge in [-0.15, -0.1) is 11.8 Å². The molecule has 2 aromatic heterocycles. The second-order valence-electron chi connectivity index (χ2n) is 7.95. The fraction of sp³-hybridized carbons (Fsp3) is 0.435. The van der Waals surface area contributed by atoms with Crippen molar-refractivity contribution in [2.45, 2.75) is 42.8 Å². The predicted octanol–water partition coefficient (Wildman–Crippen LogP) is 4.20. The molecule has 6 nitrogen and oxygen atoms in total. The highest BCUT2D eigenvalue weighted by molar-refractivity contribution is 7.99. The van der Waals surface area contributed by atoms with Crippen LogP contribution in [0.15, 0.2) is 53.7 Å². The summed E-state index contributed by atoms with van der Waals surface area (Å²) in [5.74, 6) is 2.75. The molecule has 1 aromatic carbocycles. The molecule has 1 fully saturated rings. The van der Waals surface area contributed by atoms with Crippen LogP contribution in [0.2, 0.25) is 0 Å². The average Bonchev–Trinajstić information content (AvgIpc) is 2.78. The van der Waals surface area contributed by atoms with Crippen molar-refractivity contribution in [2.24, 2.45) is 0 Å². The van der Waals surface area contributed by atoms with E-state index in [2.05, 4.69) is 38.7 Å². The number of fused-ring (bicyclic) bond motifs is 1. The molecular formula is C23H30N6S. The smallest absolute Gasteiger partial charge is 0.225 e. The second kappa shape index (κ2) is 10.1. The summed E-state index contributed by atoms with van der Waals surface area (Å²) in [6.45, 7) is 1.02. The highest BCUT2D eigenvalue weighted by atomic mass is 32.2. The summed E-state index contributed by atoms with van der Waals surface area (Å²) in [6, 6.07) is 15.3. The minimum Gasteiger partial charge on any atom is -0.362 e. The van der Waals surface area contributed by atoms with Crippen molar-refractivity contribution >= 4 is 34.4 Å². The molecule has 0 aliphatic heterocycles. The Morgan fingerprint density at radius 1 is 0.967 bits per heavy atom. The minimum atomic E-state index is 0.433. The lowest BCUT2D eigenvalue weighted by molar-refractivity contribution is 0.359. The number of rotatable bonds is 8. The standard InChI is InChI=1S/C23H30N6S/c1-29(2)22-19-7-3-4-8-20(19)27-23(28-22)26-18-12-10-17(11-13-18)24-15-16-30-21-9-5-6-14-25-21/h3-9,14,17-18,24H,10-13,15-16H2,1-2H3,(H,26,27,28). The van der Waals surface area contributed by atoms with Gasteiger partial charge in [0.2, 0.25) is 5.95 Å². The molecule has 1 saturated carbocycles. The van der Waals surface area contributed by atoms with Gasteiger partial charge in [0.05, 0.1) is 10.5 Å². The fourth-order valence-corrected chi connectivity index (χ4v) is 4.68. The maximum absolute atomic E-state index is 4.78. The third-order valence-corrected chi connectivity index (χ3v) is 6.44. The van der Waals surface area contributed by atoms with Crippen LogP contribution in [0.4, 0.5) is 11.8 Å². The molecule has 0 unspecified atom stereocenters. The summed E-state index contributed by atoms with van der Waals surface area (Å²) in [7, 11) is 4.06. The maximum atomic E-state index is 4.78. The van der Waals surface area contributed by atoms with Gasteiger partial charge in [-0.05, 0) is 49.9 Å². The highest BCUT2D eigenvalue weighted by Crippen LogP contribution is 2.26. The quantitative estimate of drug-likeness (QED) is 0.417. The Morgan fingerprint density at radius 2 is 1.73 bits per heavy atom. The number of benzene rings is 1. The highest BCUT2D eigenvalue weighted by Gasteiger charge is 2.22. The topological polar surface area (TPSA) is 66.0 Å². The number of aromatic nitrogens is 3. The normalized spacial score (nSPS) is 19.0. The summed E-state index contributed by atoms with van der Waals surface area (Å²) in [4.78, 5) is 15.9. The number of hydrogen-bond acceptors (Lipinski definition) is 7. The largest absolute Gasteiger partial charge is 0.362 e. The van der Waals surface area contributed by atoms with Crippen LogP contribution in [-0.4, -0.2) is 53.4 Å². The summed E-state index contributed by atoms with van der Waals surface area (Å²) in [6.07, 6.45) is 6.49. The second-order valence-corrected chi connectivity index (χ2v) is 9.06. The SMILES string of the molecule is CN(C)c1nc(NC2CCC(NCCSc3ccccn3)CC2)nc2ccccc12. The van der Waals surface area contributed by atoms with Crippen LogP contribution in [0.5, 0.6) is 0 Å². The summed E-state index contributed by atoms with van der Waals surface area (Å²) >= 11 is 1.81. The van der Waals surface area contributed by atoms with Crippen molar-refractivity contribution < 1.29 is 0 Å². The van der Waals surface area contributed by atoms with Crippen LogP contribution < -0.4 is 15.5 Å². The summed E-state index contributed by atoms with van der Waals surface area (Å²) in [5, 5.41) is 9.48. The molecule has 0 atom stereocenters. The average molecular weight is 423 g/mol. The first-order valence-corrected chi connectivity index (χ1v) is 11.7. The van der Waals surface area contributed by atoms with Crippen LogP contribution in [0.25, 0.3) is 10.9 Å². The molecule has 7 heteroatoms. The molecule has 30 heavy (non-hydrogen) atoms. The van der Waals surface area contributed by atoms with Gasteiger partial charge >= 0.3 is 0 Å². The van der Waals surface area contributed by atoms with Crippen molar-refractivity contribution in [3.8, 4) is 0 Å². The molecule has 4 rings (SSSR count). The maximum Gasteiger partial charge on any atom is 0.225 e. The number of thioether (sulfide) groups is 1. The van der Waals surface area contributed by atoms with Gasteiger partial charge in [-0.2, -0.15) is 4.98 Å². The number of nitrogens with one attached hydrogen (secondary N) is 2. The van der Waals surface area contributed by atoms with Crippen LogP contribution in [0.1, 0.15) is 25.7 Å². The van der Waals surface area contributed by atoms with E-state index in [1.807, 2.05) is 56.3 Å². The van der Waals surface area contributed by atoms with Crippen LogP contribution in [0, 0.1) is 0 Å². The molecule has 0 amide bonds. The van der Waals surface area contributed by atoms with Crippen LogP contribution in [0.3, 0.4) is 0 Å². The van der Waals surface area contributed by atoms with Gasteiger partial charge in [-0.1, -0.05) is 18.2 Å². The molecule has 2 N–H and O–H groups in total.